The molecule has 26 heavy (non-hydrogen) atoms. The van der Waals surface area contributed by atoms with Gasteiger partial charge in [0, 0.05) is 10.2 Å². The molecule has 5 heteroatoms. The van der Waals surface area contributed by atoms with Crippen LogP contribution in [0.4, 0.5) is 0 Å². The predicted octanol–water partition coefficient (Wildman–Crippen LogP) is 5.59. The second kappa shape index (κ2) is 10.6. The van der Waals surface area contributed by atoms with Crippen molar-refractivity contribution < 1.29 is 9.53 Å². The fraction of sp³-hybridized carbons (Fsp3) is 0.381. The summed E-state index contributed by atoms with van der Waals surface area (Å²) in [7, 11) is 1.66. The van der Waals surface area contributed by atoms with Crippen LogP contribution in [0.25, 0.3) is 0 Å². The van der Waals surface area contributed by atoms with Gasteiger partial charge < -0.3 is 10.1 Å². The van der Waals surface area contributed by atoms with E-state index in [2.05, 4.69) is 47.2 Å². The monoisotopic (exact) mass is 435 g/mol. The fourth-order valence-corrected chi connectivity index (χ4v) is 3.73. The Morgan fingerprint density at radius 3 is 2.35 bits per heavy atom. The van der Waals surface area contributed by atoms with Crippen LogP contribution >= 0.6 is 27.7 Å². The number of hydrogen-bond acceptors (Lipinski definition) is 3. The zero-order valence-corrected chi connectivity index (χ0v) is 17.9. The van der Waals surface area contributed by atoms with Gasteiger partial charge in [-0.05, 0) is 47.7 Å². The summed E-state index contributed by atoms with van der Waals surface area (Å²) >= 11 is 5.07. The third kappa shape index (κ3) is 7.04. The summed E-state index contributed by atoms with van der Waals surface area (Å²) in [5, 5.41) is 3.19. The van der Waals surface area contributed by atoms with E-state index in [0.717, 1.165) is 28.0 Å². The molecule has 0 saturated carbocycles. The maximum absolute atomic E-state index is 12.4. The van der Waals surface area contributed by atoms with E-state index in [1.807, 2.05) is 36.4 Å². The van der Waals surface area contributed by atoms with E-state index >= 15 is 0 Å². The second-order valence-electron chi connectivity index (χ2n) is 6.64. The summed E-state index contributed by atoms with van der Waals surface area (Å²) < 4.78 is 6.29. The smallest absolute Gasteiger partial charge is 0.230 e. The van der Waals surface area contributed by atoms with Gasteiger partial charge in [-0.2, -0.15) is 0 Å². The number of carbonyl (C=O) groups is 1. The molecule has 0 saturated heterocycles. The van der Waals surface area contributed by atoms with Crippen LogP contribution in [0.15, 0.2) is 53.0 Å². The number of methoxy groups -OCH3 is 1. The highest BCUT2D eigenvalue weighted by Gasteiger charge is 2.16. The maximum Gasteiger partial charge on any atom is 0.230 e. The molecule has 0 aliphatic heterocycles. The third-order valence-electron chi connectivity index (χ3n) is 3.98. The summed E-state index contributed by atoms with van der Waals surface area (Å²) in [6.07, 6.45) is 0.912. The van der Waals surface area contributed by atoms with E-state index in [4.69, 9.17) is 4.74 Å². The average Bonchev–Trinajstić information content (AvgIpc) is 2.62. The largest absolute Gasteiger partial charge is 0.497 e. The highest BCUT2D eigenvalue weighted by Crippen LogP contribution is 2.24. The highest BCUT2D eigenvalue weighted by atomic mass is 79.9. The molecule has 1 N–H and O–H groups in total. The number of rotatable bonds is 9. The molecule has 1 amide bonds. The minimum Gasteiger partial charge on any atom is -0.497 e. The van der Waals surface area contributed by atoms with Crippen molar-refractivity contribution in [3.05, 3.63) is 64.1 Å². The average molecular weight is 436 g/mol. The third-order valence-corrected chi connectivity index (χ3v) is 5.51. The van der Waals surface area contributed by atoms with Gasteiger partial charge in [-0.1, -0.05) is 54.0 Å². The Hall–Kier alpha value is -1.46. The molecule has 0 radical (unpaired) electrons. The second-order valence-corrected chi connectivity index (χ2v) is 8.54. The van der Waals surface area contributed by atoms with Crippen LogP contribution in [0.1, 0.15) is 37.4 Å². The summed E-state index contributed by atoms with van der Waals surface area (Å²) in [5.74, 6) is 2.69. The zero-order valence-electron chi connectivity index (χ0n) is 15.5. The molecule has 0 bridgehead atoms. The number of thioether (sulfide) groups is 1. The van der Waals surface area contributed by atoms with Crippen molar-refractivity contribution in [2.24, 2.45) is 5.92 Å². The van der Waals surface area contributed by atoms with E-state index in [-0.39, 0.29) is 11.9 Å². The lowest BCUT2D eigenvalue weighted by molar-refractivity contribution is -0.119. The Morgan fingerprint density at radius 1 is 1.12 bits per heavy atom. The Kier molecular flexibility index (Phi) is 8.52. The van der Waals surface area contributed by atoms with E-state index in [1.54, 1.807) is 18.9 Å². The lowest BCUT2D eigenvalue weighted by atomic mass is 9.97. The van der Waals surface area contributed by atoms with Gasteiger partial charge in [0.25, 0.3) is 0 Å². The summed E-state index contributed by atoms with van der Waals surface area (Å²) in [5.41, 5.74) is 2.34. The topological polar surface area (TPSA) is 38.3 Å². The quantitative estimate of drug-likeness (QED) is 0.557. The summed E-state index contributed by atoms with van der Waals surface area (Å²) in [6, 6.07) is 16.2. The maximum atomic E-state index is 12.4. The molecule has 2 aromatic carbocycles. The number of carbonyl (C=O) groups excluding carboxylic acids is 1. The molecule has 0 aliphatic rings. The van der Waals surface area contributed by atoms with Gasteiger partial charge >= 0.3 is 0 Å². The first-order valence-electron chi connectivity index (χ1n) is 8.73. The van der Waals surface area contributed by atoms with Crippen LogP contribution in [0.2, 0.25) is 0 Å². The van der Waals surface area contributed by atoms with Gasteiger partial charge in [0.05, 0.1) is 18.9 Å². The van der Waals surface area contributed by atoms with Crippen molar-refractivity contribution in [2.75, 3.05) is 12.9 Å². The number of halogens is 1. The van der Waals surface area contributed by atoms with Gasteiger partial charge in [0.15, 0.2) is 0 Å². The Morgan fingerprint density at radius 2 is 1.77 bits per heavy atom. The zero-order chi connectivity index (χ0) is 18.9. The summed E-state index contributed by atoms with van der Waals surface area (Å²) in [4.78, 5) is 12.4. The van der Waals surface area contributed by atoms with Crippen LogP contribution in [-0.2, 0) is 10.5 Å². The molecule has 3 nitrogen and oxygen atoms in total. The molecule has 0 aromatic heterocycles. The molecule has 0 aliphatic carbocycles. The van der Waals surface area contributed by atoms with Crippen LogP contribution in [0, 0.1) is 5.92 Å². The normalized spacial score (nSPS) is 12.0. The van der Waals surface area contributed by atoms with Crippen molar-refractivity contribution in [1.29, 1.82) is 0 Å². The van der Waals surface area contributed by atoms with Crippen molar-refractivity contribution in [1.82, 2.24) is 5.32 Å². The molecule has 2 aromatic rings. The molecule has 0 fully saturated rings. The van der Waals surface area contributed by atoms with Crippen LogP contribution < -0.4 is 10.1 Å². The summed E-state index contributed by atoms with van der Waals surface area (Å²) in [6.45, 7) is 4.34. The van der Waals surface area contributed by atoms with Crippen LogP contribution in [0.5, 0.6) is 5.75 Å². The van der Waals surface area contributed by atoms with Crippen LogP contribution in [0.3, 0.4) is 0 Å². The van der Waals surface area contributed by atoms with E-state index < -0.39 is 0 Å². The van der Waals surface area contributed by atoms with Gasteiger partial charge in [0.2, 0.25) is 5.91 Å². The van der Waals surface area contributed by atoms with Gasteiger partial charge in [0.1, 0.15) is 5.75 Å². The first kappa shape index (κ1) is 20.8. The standard InChI is InChI=1S/C21H26BrNO2S/c1-15(2)12-20(17-6-10-19(25-3)11-7-17)23-21(24)14-26-13-16-4-8-18(22)9-5-16/h4-11,15,20H,12-14H2,1-3H3,(H,23,24)/t20-/m1/s1. The molecular formula is C21H26BrNO2S. The number of amides is 1. The fourth-order valence-electron chi connectivity index (χ4n) is 2.66. The van der Waals surface area contributed by atoms with Crippen molar-refractivity contribution in [3.63, 3.8) is 0 Å². The number of hydrogen-bond donors (Lipinski definition) is 1. The van der Waals surface area contributed by atoms with Crippen molar-refractivity contribution in [3.8, 4) is 5.75 Å². The first-order chi connectivity index (χ1) is 12.5. The molecule has 0 spiro atoms. The molecule has 0 unspecified atom stereocenters. The van der Waals surface area contributed by atoms with Crippen LogP contribution in [-0.4, -0.2) is 18.8 Å². The van der Waals surface area contributed by atoms with E-state index in [1.165, 1.54) is 5.56 Å². The molecule has 2 rings (SSSR count). The van der Waals surface area contributed by atoms with E-state index in [9.17, 15) is 4.79 Å². The number of benzene rings is 2. The number of nitrogens with one attached hydrogen (secondary N) is 1. The van der Waals surface area contributed by atoms with Gasteiger partial charge in [-0.3, -0.25) is 4.79 Å². The van der Waals surface area contributed by atoms with E-state index in [0.29, 0.717) is 11.7 Å². The van der Waals surface area contributed by atoms with Gasteiger partial charge in [-0.25, -0.2) is 0 Å². The first-order valence-corrected chi connectivity index (χ1v) is 10.7. The minimum absolute atomic E-state index is 0.0293. The van der Waals surface area contributed by atoms with Crippen molar-refractivity contribution >= 4 is 33.6 Å². The lowest BCUT2D eigenvalue weighted by Crippen LogP contribution is -2.30. The Bertz CT molecular complexity index is 686. The minimum atomic E-state index is 0.0293. The highest BCUT2D eigenvalue weighted by molar-refractivity contribution is 9.10. The Labute approximate surface area is 169 Å². The van der Waals surface area contributed by atoms with Gasteiger partial charge in [-0.15, -0.1) is 11.8 Å². The molecular weight excluding hydrogens is 410 g/mol. The van der Waals surface area contributed by atoms with Crippen molar-refractivity contribution in [2.45, 2.75) is 32.1 Å². The Balaban J connectivity index is 1.89. The lowest BCUT2D eigenvalue weighted by Gasteiger charge is -2.21. The molecule has 140 valence electrons. The molecule has 1 atom stereocenters. The molecule has 0 heterocycles. The SMILES string of the molecule is COc1ccc([C@@H](CC(C)C)NC(=O)CSCc2ccc(Br)cc2)cc1. The number of ether oxygens (including phenoxy) is 1. The predicted molar refractivity (Wildman–Crippen MR) is 114 cm³/mol.